The molecular weight excluding hydrogens is 604 g/mol. The average molecular weight is 649 g/mol. The number of hydrogen-bond acceptors (Lipinski definition) is 7. The van der Waals surface area contributed by atoms with Crippen molar-refractivity contribution in [3.63, 3.8) is 0 Å². The van der Waals surface area contributed by atoms with Crippen LogP contribution < -0.4 is 32.3 Å². The summed E-state index contributed by atoms with van der Waals surface area (Å²) in [6, 6.07) is 8.90. The first-order chi connectivity index (χ1) is 22.7. The van der Waals surface area contributed by atoms with Gasteiger partial charge in [0.1, 0.15) is 17.8 Å². The molecule has 1 aromatic carbocycles. The Labute approximate surface area is 273 Å². The molecule has 2 bridgehead atoms. The van der Waals surface area contributed by atoms with Gasteiger partial charge >= 0.3 is 0 Å². The smallest absolute Gasteiger partial charge is 0.244 e. The van der Waals surface area contributed by atoms with Crippen LogP contribution in [0.3, 0.4) is 0 Å². The molecule has 2 atom stereocenters. The Balaban J connectivity index is 1.48. The molecule has 2 aromatic rings. The van der Waals surface area contributed by atoms with Crippen molar-refractivity contribution in [1.82, 2.24) is 26.6 Å². The number of fused-ring (bicyclic) bond motifs is 19. The largest absolute Gasteiger partial charge is 0.469 e. The summed E-state index contributed by atoms with van der Waals surface area (Å²) < 4.78 is 5.44. The fourth-order valence-corrected chi connectivity index (χ4v) is 5.86. The third-order valence-corrected chi connectivity index (χ3v) is 8.54. The van der Waals surface area contributed by atoms with Crippen LogP contribution in [0.5, 0.6) is 0 Å². The van der Waals surface area contributed by atoms with E-state index in [1.54, 1.807) is 36.6 Å². The maximum absolute atomic E-state index is 13.5. The molecule has 3 aliphatic rings. The quantitative estimate of drug-likeness (QED) is 0.284. The number of aryl methyl sites for hydroxylation is 1. The highest BCUT2D eigenvalue weighted by Gasteiger charge is 2.30. The van der Waals surface area contributed by atoms with Crippen LogP contribution in [0.1, 0.15) is 68.3 Å². The summed E-state index contributed by atoms with van der Waals surface area (Å²) in [7, 11) is 0. The number of rotatable bonds is 4. The molecule has 47 heavy (non-hydrogen) atoms. The van der Waals surface area contributed by atoms with Gasteiger partial charge in [-0.15, -0.1) is 0 Å². The van der Waals surface area contributed by atoms with E-state index in [1.807, 2.05) is 6.07 Å². The van der Waals surface area contributed by atoms with Crippen molar-refractivity contribution in [2.45, 2.75) is 88.9 Å². The molecule has 3 heterocycles. The molecule has 6 amide bonds. The van der Waals surface area contributed by atoms with Crippen LogP contribution in [0.2, 0.25) is 0 Å². The third-order valence-electron chi connectivity index (χ3n) is 8.54. The van der Waals surface area contributed by atoms with E-state index in [0.29, 0.717) is 81.2 Å². The minimum atomic E-state index is -0.888. The van der Waals surface area contributed by atoms with Crippen molar-refractivity contribution in [1.29, 1.82) is 0 Å². The van der Waals surface area contributed by atoms with Crippen molar-refractivity contribution in [2.24, 2.45) is 11.7 Å². The number of nitrogens with two attached hydrogens (primary N) is 1. The number of primary amides is 1. The van der Waals surface area contributed by atoms with Crippen LogP contribution in [-0.4, -0.2) is 60.1 Å². The molecule has 0 spiro atoms. The van der Waals surface area contributed by atoms with Crippen LogP contribution in [0.15, 0.2) is 59.2 Å². The average Bonchev–Trinajstić information content (AvgIpc) is 3.58. The second-order valence-electron chi connectivity index (χ2n) is 12.0. The molecule has 1 aromatic heterocycles. The van der Waals surface area contributed by atoms with Gasteiger partial charge in [0.25, 0.3) is 0 Å². The number of benzene rings is 1. The van der Waals surface area contributed by atoms with Crippen molar-refractivity contribution >= 4 is 35.4 Å². The Kier molecular flexibility index (Phi) is 13.1. The van der Waals surface area contributed by atoms with E-state index in [2.05, 4.69) is 26.6 Å². The van der Waals surface area contributed by atoms with Gasteiger partial charge in [-0.1, -0.05) is 24.3 Å². The zero-order valence-corrected chi connectivity index (χ0v) is 26.4. The monoisotopic (exact) mass is 648 g/mol. The van der Waals surface area contributed by atoms with Gasteiger partial charge in [-0.05, 0) is 74.6 Å². The van der Waals surface area contributed by atoms with E-state index in [9.17, 15) is 28.8 Å². The van der Waals surface area contributed by atoms with E-state index in [1.165, 1.54) is 6.08 Å². The molecule has 13 nitrogen and oxygen atoms in total. The number of carbonyl (C=O) groups excluding carboxylic acids is 6. The zero-order valence-electron chi connectivity index (χ0n) is 26.4. The van der Waals surface area contributed by atoms with Gasteiger partial charge in [-0.25, -0.2) is 0 Å². The maximum Gasteiger partial charge on any atom is 0.244 e. The molecule has 13 heteroatoms. The number of hydrogen-bond donors (Lipinski definition) is 6. The maximum atomic E-state index is 13.5. The van der Waals surface area contributed by atoms with E-state index in [0.717, 1.165) is 6.08 Å². The van der Waals surface area contributed by atoms with Crippen molar-refractivity contribution in [3.8, 4) is 0 Å². The number of amides is 6. The fourth-order valence-electron chi connectivity index (χ4n) is 5.86. The molecule has 252 valence electrons. The number of furan rings is 1. The summed E-state index contributed by atoms with van der Waals surface area (Å²) >= 11 is 0. The van der Waals surface area contributed by atoms with Gasteiger partial charge in [0.05, 0.1) is 12.7 Å². The third kappa shape index (κ3) is 11.4. The zero-order chi connectivity index (χ0) is 33.6. The highest BCUT2D eigenvalue weighted by atomic mass is 16.3. The molecule has 1 fully saturated rings. The van der Waals surface area contributed by atoms with Crippen LogP contribution in [0.25, 0.3) is 0 Å². The summed E-state index contributed by atoms with van der Waals surface area (Å²) in [5, 5.41) is 14.1. The molecular formula is C34H44N6O7. The molecule has 0 radical (unpaired) electrons. The van der Waals surface area contributed by atoms with Crippen molar-refractivity contribution < 1.29 is 33.2 Å². The Bertz CT molecular complexity index is 1430. The minimum absolute atomic E-state index is 0.0346. The van der Waals surface area contributed by atoms with Crippen LogP contribution in [0, 0.1) is 5.92 Å². The van der Waals surface area contributed by atoms with Gasteiger partial charge in [-0.2, -0.15) is 0 Å². The minimum Gasteiger partial charge on any atom is -0.469 e. The fraction of sp³-hybridized carbons (Fsp3) is 0.471. The summed E-state index contributed by atoms with van der Waals surface area (Å²) in [6.45, 7) is 0.443. The predicted octanol–water partition coefficient (Wildman–Crippen LogP) is 1.06. The summed E-state index contributed by atoms with van der Waals surface area (Å²) in [4.78, 5) is 76.4. The second-order valence-corrected chi connectivity index (χ2v) is 12.0. The topological polar surface area (TPSA) is 202 Å². The standard InChI is InChI=1S/C34H44N6O7/c35-32(44)27-9-3-4-18-36-29(41)16-17-30(42)38-25-12-10-22(11-13-25)33(45)40-28(15-14-26-8-5-19-47-26)34(46)37-21-24-7-2-1-6-23(24)20-31(43)39-27/h1-2,5-8,16-17,19,22,25,27-28H,3-4,9-15,18,20-21H2,(H2,35,44)(H,36,41)(H,37,46)(H,38,42)(H,39,43)(H,40,45)/b17-16+/t22?,25?,27-,28-/m0/s1. The predicted molar refractivity (Wildman–Crippen MR) is 172 cm³/mol. The highest BCUT2D eigenvalue weighted by Crippen LogP contribution is 2.25. The van der Waals surface area contributed by atoms with Crippen LogP contribution >= 0.6 is 0 Å². The lowest BCUT2D eigenvalue weighted by Crippen LogP contribution is -2.49. The Morgan fingerprint density at radius 1 is 0.787 bits per heavy atom. The molecule has 0 unspecified atom stereocenters. The number of carbonyl (C=O) groups is 6. The van der Waals surface area contributed by atoms with Crippen LogP contribution in [-0.2, 0) is 48.2 Å². The molecule has 5 rings (SSSR count). The van der Waals surface area contributed by atoms with Crippen molar-refractivity contribution in [2.75, 3.05) is 6.54 Å². The van der Waals surface area contributed by atoms with E-state index in [4.69, 9.17) is 10.2 Å². The molecule has 7 N–H and O–H groups in total. The lowest BCUT2D eigenvalue weighted by Gasteiger charge is -2.29. The first-order valence-corrected chi connectivity index (χ1v) is 16.2. The second kappa shape index (κ2) is 17.7. The Morgan fingerprint density at radius 3 is 2.26 bits per heavy atom. The van der Waals surface area contributed by atoms with Gasteiger partial charge in [0.2, 0.25) is 35.4 Å². The first kappa shape index (κ1) is 34.9. The normalized spacial score (nSPS) is 24.9. The summed E-state index contributed by atoms with van der Waals surface area (Å²) in [5.41, 5.74) is 6.94. The van der Waals surface area contributed by atoms with Gasteiger partial charge in [0.15, 0.2) is 0 Å². The lowest BCUT2D eigenvalue weighted by molar-refractivity contribution is -0.132. The van der Waals surface area contributed by atoms with Crippen molar-refractivity contribution in [3.05, 3.63) is 71.7 Å². The van der Waals surface area contributed by atoms with Gasteiger partial charge in [-0.3, -0.25) is 28.8 Å². The van der Waals surface area contributed by atoms with E-state index >= 15 is 0 Å². The molecule has 1 saturated carbocycles. The SMILES string of the molecule is NC(=O)[C@@H]1CCCCNC(=O)/C=C/C(=O)NC2CCC(CC2)C(=O)N[C@@H](CCc2ccco2)C(=O)NCc2ccccc2CC(=O)N1. The first-order valence-electron chi connectivity index (χ1n) is 16.2. The number of nitrogens with one attached hydrogen (secondary N) is 5. The summed E-state index contributed by atoms with van der Waals surface area (Å²) in [6.07, 6.45) is 8.21. The molecule has 2 aliphatic heterocycles. The van der Waals surface area contributed by atoms with Gasteiger partial charge in [0, 0.05) is 43.6 Å². The molecule has 1 aliphatic carbocycles. The molecule has 0 saturated heterocycles. The Hall–Kier alpha value is -4.94. The van der Waals surface area contributed by atoms with Crippen LogP contribution in [0.4, 0.5) is 0 Å². The summed E-state index contributed by atoms with van der Waals surface area (Å²) in [5.74, 6) is -2.10. The Morgan fingerprint density at radius 2 is 1.53 bits per heavy atom. The van der Waals surface area contributed by atoms with E-state index < -0.39 is 35.7 Å². The van der Waals surface area contributed by atoms with E-state index in [-0.39, 0.29) is 36.7 Å². The van der Waals surface area contributed by atoms with Gasteiger partial charge < -0.3 is 36.7 Å². The highest BCUT2D eigenvalue weighted by molar-refractivity contribution is 5.96. The lowest BCUT2D eigenvalue weighted by atomic mass is 9.85.